The second-order valence-corrected chi connectivity index (χ2v) is 7.11. The van der Waals surface area contributed by atoms with E-state index >= 15 is 0 Å². The zero-order chi connectivity index (χ0) is 14.5. The molecule has 1 unspecified atom stereocenters. The Labute approximate surface area is 119 Å². The van der Waals surface area contributed by atoms with Gasteiger partial charge < -0.3 is 5.73 Å². The molecule has 1 aliphatic rings. The van der Waals surface area contributed by atoms with E-state index in [1.54, 1.807) is 0 Å². The molecule has 0 aliphatic heterocycles. The van der Waals surface area contributed by atoms with Gasteiger partial charge in [0.25, 0.3) is 0 Å². The minimum atomic E-state index is 0.300. The first-order chi connectivity index (χ1) is 8.78. The van der Waals surface area contributed by atoms with Gasteiger partial charge in [-0.25, -0.2) is 0 Å². The Morgan fingerprint density at radius 1 is 1.16 bits per heavy atom. The molecule has 1 nitrogen and oxygen atoms in total. The molecule has 0 aromatic heterocycles. The summed E-state index contributed by atoms with van der Waals surface area (Å²) in [6.45, 7) is 11.3. The minimum Gasteiger partial charge on any atom is -0.325 e. The lowest BCUT2D eigenvalue weighted by Crippen LogP contribution is -2.20. The highest BCUT2D eigenvalue weighted by Crippen LogP contribution is 2.36. The predicted octanol–water partition coefficient (Wildman–Crippen LogP) is 5.11. The van der Waals surface area contributed by atoms with Crippen molar-refractivity contribution in [2.75, 3.05) is 0 Å². The highest BCUT2D eigenvalue weighted by atomic mass is 14.8. The van der Waals surface area contributed by atoms with E-state index in [0.717, 1.165) is 0 Å². The molecule has 108 valence electrons. The van der Waals surface area contributed by atoms with Crippen LogP contribution in [-0.4, -0.2) is 5.54 Å². The first kappa shape index (κ1) is 16.2. The van der Waals surface area contributed by atoms with Gasteiger partial charge in [0, 0.05) is 5.54 Å². The molecule has 1 atom stereocenters. The van der Waals surface area contributed by atoms with Crippen molar-refractivity contribution in [3.05, 3.63) is 35.9 Å². The molecule has 1 aromatic rings. The molecule has 1 fully saturated rings. The summed E-state index contributed by atoms with van der Waals surface area (Å²) in [5, 5.41) is 0. The lowest BCUT2D eigenvalue weighted by molar-refractivity contribution is 0.339. The second-order valence-electron chi connectivity index (χ2n) is 7.11. The van der Waals surface area contributed by atoms with Crippen molar-refractivity contribution >= 4 is 0 Å². The van der Waals surface area contributed by atoms with Gasteiger partial charge in [-0.3, -0.25) is 0 Å². The van der Waals surface area contributed by atoms with Gasteiger partial charge in [0.2, 0.25) is 0 Å². The maximum Gasteiger partial charge on any atom is 0.0155 e. The highest BCUT2D eigenvalue weighted by Gasteiger charge is 2.36. The number of benzene rings is 1. The zero-order valence-electron chi connectivity index (χ0n) is 13.4. The van der Waals surface area contributed by atoms with Gasteiger partial charge >= 0.3 is 0 Å². The number of rotatable bonds is 3. The van der Waals surface area contributed by atoms with Crippen LogP contribution in [-0.2, 0) is 0 Å². The number of hydrogen-bond acceptors (Lipinski definition) is 1. The molecule has 19 heavy (non-hydrogen) atoms. The van der Waals surface area contributed by atoms with Gasteiger partial charge in [0.15, 0.2) is 0 Å². The normalized spacial score (nSPS) is 18.2. The van der Waals surface area contributed by atoms with E-state index in [4.69, 9.17) is 5.73 Å². The van der Waals surface area contributed by atoms with Crippen LogP contribution in [0.4, 0.5) is 0 Å². The van der Waals surface area contributed by atoms with Crippen molar-refractivity contribution < 1.29 is 0 Å². The first-order valence-electron chi connectivity index (χ1n) is 7.62. The van der Waals surface area contributed by atoms with Crippen LogP contribution in [0.5, 0.6) is 0 Å². The molecule has 1 heteroatoms. The van der Waals surface area contributed by atoms with Crippen molar-refractivity contribution in [2.24, 2.45) is 11.1 Å². The zero-order valence-corrected chi connectivity index (χ0v) is 13.4. The van der Waals surface area contributed by atoms with E-state index in [1.165, 1.54) is 31.2 Å². The van der Waals surface area contributed by atoms with Crippen LogP contribution in [0.25, 0.3) is 0 Å². The van der Waals surface area contributed by atoms with E-state index < -0.39 is 0 Å². The second kappa shape index (κ2) is 6.56. The van der Waals surface area contributed by atoms with Crippen LogP contribution < -0.4 is 5.73 Å². The molecule has 1 aliphatic carbocycles. The summed E-state index contributed by atoms with van der Waals surface area (Å²) in [6.07, 6.45) is 5.01. The third-order valence-electron chi connectivity index (χ3n) is 4.24. The standard InChI is InChI=1S/C12H18.C6H13N/c1-10(12(2,3)4)11-8-6-5-7-9-11;1-2-3-6(7)4-5-6/h5-10H,1-4H3;2-5,7H2,1H3. The monoisotopic (exact) mass is 261 g/mol. The summed E-state index contributed by atoms with van der Waals surface area (Å²) in [4.78, 5) is 0. The van der Waals surface area contributed by atoms with Gasteiger partial charge in [-0.2, -0.15) is 0 Å². The van der Waals surface area contributed by atoms with Crippen LogP contribution in [0.15, 0.2) is 30.3 Å². The Morgan fingerprint density at radius 3 is 2.00 bits per heavy atom. The topological polar surface area (TPSA) is 26.0 Å². The third kappa shape index (κ3) is 5.78. The van der Waals surface area contributed by atoms with Crippen LogP contribution in [0.1, 0.15) is 71.8 Å². The summed E-state index contributed by atoms with van der Waals surface area (Å²) < 4.78 is 0. The molecule has 0 saturated heterocycles. The van der Waals surface area contributed by atoms with Crippen molar-refractivity contribution in [3.8, 4) is 0 Å². The molecule has 0 radical (unpaired) electrons. The molecule has 2 rings (SSSR count). The van der Waals surface area contributed by atoms with E-state index in [-0.39, 0.29) is 0 Å². The molecule has 2 N–H and O–H groups in total. The van der Waals surface area contributed by atoms with E-state index in [0.29, 0.717) is 16.9 Å². The number of nitrogens with two attached hydrogens (primary N) is 1. The first-order valence-corrected chi connectivity index (χ1v) is 7.62. The summed E-state index contributed by atoms with van der Waals surface area (Å²) in [7, 11) is 0. The highest BCUT2D eigenvalue weighted by molar-refractivity contribution is 5.20. The predicted molar refractivity (Wildman–Crippen MR) is 85.4 cm³/mol. The van der Waals surface area contributed by atoms with E-state index in [1.807, 2.05) is 0 Å². The maximum absolute atomic E-state index is 5.76. The van der Waals surface area contributed by atoms with Crippen molar-refractivity contribution in [1.29, 1.82) is 0 Å². The Balaban J connectivity index is 0.000000218. The maximum atomic E-state index is 5.76. The summed E-state index contributed by atoms with van der Waals surface area (Å²) >= 11 is 0. The van der Waals surface area contributed by atoms with Crippen molar-refractivity contribution in [3.63, 3.8) is 0 Å². The van der Waals surface area contributed by atoms with Gasteiger partial charge in [-0.15, -0.1) is 0 Å². The summed E-state index contributed by atoms with van der Waals surface area (Å²) in [6, 6.07) is 10.7. The molecular weight excluding hydrogens is 230 g/mol. The lowest BCUT2D eigenvalue weighted by Gasteiger charge is -2.27. The SMILES string of the molecule is CC(c1ccccc1)C(C)(C)C.CCCC1(N)CC1. The molecule has 0 heterocycles. The fourth-order valence-electron chi connectivity index (χ4n) is 2.15. The smallest absolute Gasteiger partial charge is 0.0155 e. The molecule has 0 amide bonds. The average Bonchev–Trinajstić information content (AvgIpc) is 3.07. The molecule has 0 bridgehead atoms. The van der Waals surface area contributed by atoms with E-state index in [2.05, 4.69) is 65.0 Å². The third-order valence-corrected chi connectivity index (χ3v) is 4.24. The van der Waals surface area contributed by atoms with Crippen LogP contribution in [0.2, 0.25) is 0 Å². The number of hydrogen-bond donors (Lipinski definition) is 1. The summed E-state index contributed by atoms with van der Waals surface area (Å²) in [5.74, 6) is 0.624. The molecule has 0 spiro atoms. The fraction of sp³-hybridized carbons (Fsp3) is 0.667. The summed E-state index contributed by atoms with van der Waals surface area (Å²) in [5.41, 5.74) is 7.86. The lowest BCUT2D eigenvalue weighted by atomic mass is 9.78. The van der Waals surface area contributed by atoms with Crippen LogP contribution in [0, 0.1) is 5.41 Å². The van der Waals surface area contributed by atoms with Crippen molar-refractivity contribution in [2.45, 2.75) is 71.8 Å². The molecular formula is C18H31N. The van der Waals surface area contributed by atoms with Gasteiger partial charge in [-0.1, -0.05) is 71.4 Å². The molecule has 1 saturated carbocycles. The minimum absolute atomic E-state index is 0.300. The Bertz CT molecular complexity index is 357. The van der Waals surface area contributed by atoms with Gasteiger partial charge in [0.05, 0.1) is 0 Å². The van der Waals surface area contributed by atoms with Crippen LogP contribution in [0.3, 0.4) is 0 Å². The van der Waals surface area contributed by atoms with Crippen LogP contribution >= 0.6 is 0 Å². The largest absolute Gasteiger partial charge is 0.325 e. The average molecular weight is 261 g/mol. The van der Waals surface area contributed by atoms with Gasteiger partial charge in [0.1, 0.15) is 0 Å². The Hall–Kier alpha value is -0.820. The molecule has 1 aromatic carbocycles. The van der Waals surface area contributed by atoms with Gasteiger partial charge in [-0.05, 0) is 36.2 Å². The quantitative estimate of drug-likeness (QED) is 0.803. The Morgan fingerprint density at radius 2 is 1.68 bits per heavy atom. The Kier molecular flexibility index (Phi) is 5.61. The van der Waals surface area contributed by atoms with Crippen molar-refractivity contribution in [1.82, 2.24) is 0 Å². The fourth-order valence-corrected chi connectivity index (χ4v) is 2.15. The van der Waals surface area contributed by atoms with E-state index in [9.17, 15) is 0 Å².